The predicted octanol–water partition coefficient (Wildman–Crippen LogP) is 4.64. The van der Waals surface area contributed by atoms with Crippen LogP contribution < -0.4 is 0 Å². The number of carbonyl (C=O) groups is 2. The third-order valence-corrected chi connectivity index (χ3v) is 6.05. The molecule has 2 unspecified atom stereocenters. The van der Waals surface area contributed by atoms with Crippen molar-refractivity contribution < 1.29 is 23.6 Å². The number of benzene rings is 2. The van der Waals surface area contributed by atoms with Gasteiger partial charge in [-0.15, -0.1) is 0 Å². The molecule has 2 heterocycles. The van der Waals surface area contributed by atoms with E-state index in [1.807, 2.05) is 30.3 Å². The highest BCUT2D eigenvalue weighted by Crippen LogP contribution is 2.43. The van der Waals surface area contributed by atoms with Crippen LogP contribution in [0.4, 0.5) is 0 Å². The number of aryl methyl sites for hydroxylation is 1. The van der Waals surface area contributed by atoms with E-state index in [-0.39, 0.29) is 29.3 Å². The number of furan rings is 1. The Morgan fingerprint density at radius 3 is 2.57 bits per heavy atom. The summed E-state index contributed by atoms with van der Waals surface area (Å²) in [4.78, 5) is 24.9. The number of carboxylic acid groups (broad SMARTS) is 1. The van der Waals surface area contributed by atoms with Crippen LogP contribution in [-0.2, 0) is 22.6 Å². The SMILES string of the molecule is Cc1ccc2c(c1)C(c1ccccc1)[N+](Cc1ccco1)(C(=O)CCC(=O)O)CC2. The first-order valence-electron chi connectivity index (χ1n) is 10.3. The summed E-state index contributed by atoms with van der Waals surface area (Å²) < 4.78 is 5.79. The monoisotopic (exact) mass is 404 g/mol. The molecule has 154 valence electrons. The van der Waals surface area contributed by atoms with Gasteiger partial charge in [0.15, 0.2) is 5.76 Å². The van der Waals surface area contributed by atoms with Gasteiger partial charge in [-0.2, -0.15) is 0 Å². The highest BCUT2D eigenvalue weighted by molar-refractivity contribution is 5.77. The molecule has 0 aliphatic carbocycles. The minimum atomic E-state index is -0.955. The molecule has 5 heteroatoms. The minimum absolute atomic E-state index is 0.000520. The average molecular weight is 404 g/mol. The Hall–Kier alpha value is -3.18. The quantitative estimate of drug-likeness (QED) is 0.608. The second-order valence-electron chi connectivity index (χ2n) is 8.05. The number of rotatable bonds is 6. The highest BCUT2D eigenvalue weighted by atomic mass is 16.4. The van der Waals surface area contributed by atoms with E-state index in [1.165, 1.54) is 5.56 Å². The van der Waals surface area contributed by atoms with Gasteiger partial charge in [-0.25, -0.2) is 9.28 Å². The number of aliphatic carboxylic acids is 1. The zero-order valence-corrected chi connectivity index (χ0v) is 17.1. The fraction of sp³-hybridized carbons (Fsp3) is 0.280. The Labute approximate surface area is 176 Å². The maximum Gasteiger partial charge on any atom is 0.315 e. The summed E-state index contributed by atoms with van der Waals surface area (Å²) in [6, 6.07) is 20.0. The standard InChI is InChI=1S/C25H25NO4/c1-18-9-10-19-13-14-26(17-21-8-5-15-30-21,23(27)11-12-24(28)29)25(22(19)16-18)20-6-3-2-4-7-20/h2-10,15-16,25H,11-14,17H2,1H3/p+1. The van der Waals surface area contributed by atoms with Crippen LogP contribution in [0.5, 0.6) is 0 Å². The Morgan fingerprint density at radius 1 is 1.07 bits per heavy atom. The summed E-state index contributed by atoms with van der Waals surface area (Å²) in [5.41, 5.74) is 4.58. The largest absolute Gasteiger partial charge is 0.481 e. The molecule has 1 aliphatic heterocycles. The molecular weight excluding hydrogens is 378 g/mol. The summed E-state index contributed by atoms with van der Waals surface area (Å²) in [6.07, 6.45) is 2.21. The number of amides is 1. The van der Waals surface area contributed by atoms with Crippen LogP contribution in [0.25, 0.3) is 0 Å². The van der Waals surface area contributed by atoms with Gasteiger partial charge in [0.2, 0.25) is 0 Å². The number of carbonyl (C=O) groups excluding carboxylic acids is 1. The van der Waals surface area contributed by atoms with Crippen molar-refractivity contribution in [3.05, 3.63) is 94.9 Å². The fourth-order valence-corrected chi connectivity index (χ4v) is 4.66. The lowest BCUT2D eigenvalue weighted by atomic mass is 9.84. The molecule has 2 atom stereocenters. The number of fused-ring (bicyclic) bond motifs is 1. The lowest BCUT2D eigenvalue weighted by Crippen LogP contribution is -2.58. The molecule has 0 radical (unpaired) electrons. The third kappa shape index (κ3) is 3.81. The smallest absolute Gasteiger partial charge is 0.315 e. The molecule has 0 spiro atoms. The van der Waals surface area contributed by atoms with Gasteiger partial charge in [-0.05, 0) is 30.7 Å². The average Bonchev–Trinajstić information content (AvgIpc) is 3.25. The Bertz CT molecular complexity index is 1040. The molecule has 0 saturated heterocycles. The maximum atomic E-state index is 13.7. The van der Waals surface area contributed by atoms with Crippen molar-refractivity contribution in [1.29, 1.82) is 0 Å². The van der Waals surface area contributed by atoms with Gasteiger partial charge < -0.3 is 9.52 Å². The predicted molar refractivity (Wildman–Crippen MR) is 113 cm³/mol. The Kier molecular flexibility index (Phi) is 5.55. The van der Waals surface area contributed by atoms with E-state index in [2.05, 4.69) is 37.3 Å². The van der Waals surface area contributed by atoms with E-state index in [4.69, 9.17) is 4.42 Å². The van der Waals surface area contributed by atoms with Crippen molar-refractivity contribution in [2.75, 3.05) is 6.54 Å². The molecule has 1 N–H and O–H groups in total. The van der Waals surface area contributed by atoms with Crippen molar-refractivity contribution in [2.24, 2.45) is 0 Å². The van der Waals surface area contributed by atoms with Crippen LogP contribution in [0, 0.1) is 6.92 Å². The van der Waals surface area contributed by atoms with Crippen molar-refractivity contribution in [3.63, 3.8) is 0 Å². The van der Waals surface area contributed by atoms with Crippen molar-refractivity contribution >= 4 is 11.9 Å². The summed E-state index contributed by atoms with van der Waals surface area (Å²) in [6.45, 7) is 3.07. The molecule has 1 amide bonds. The molecular formula is C25H26NO4+. The molecule has 5 nitrogen and oxygen atoms in total. The van der Waals surface area contributed by atoms with Gasteiger partial charge in [0.25, 0.3) is 0 Å². The van der Waals surface area contributed by atoms with Crippen molar-refractivity contribution in [2.45, 2.75) is 38.8 Å². The van der Waals surface area contributed by atoms with Crippen LogP contribution in [0.1, 0.15) is 46.9 Å². The van der Waals surface area contributed by atoms with Crippen LogP contribution in [0.2, 0.25) is 0 Å². The van der Waals surface area contributed by atoms with Crippen LogP contribution in [0.15, 0.2) is 71.3 Å². The van der Waals surface area contributed by atoms with E-state index in [0.717, 1.165) is 28.9 Å². The van der Waals surface area contributed by atoms with Crippen LogP contribution in [-0.4, -0.2) is 28.0 Å². The topological polar surface area (TPSA) is 67.5 Å². The molecule has 1 aromatic heterocycles. The van der Waals surface area contributed by atoms with Gasteiger partial charge in [-0.1, -0.05) is 48.0 Å². The van der Waals surface area contributed by atoms with Crippen molar-refractivity contribution in [3.8, 4) is 0 Å². The second kappa shape index (κ2) is 8.28. The summed E-state index contributed by atoms with van der Waals surface area (Å²) >= 11 is 0. The molecule has 4 rings (SSSR count). The normalized spacial score (nSPS) is 20.5. The highest BCUT2D eigenvalue weighted by Gasteiger charge is 2.49. The van der Waals surface area contributed by atoms with E-state index in [1.54, 1.807) is 6.26 Å². The van der Waals surface area contributed by atoms with Gasteiger partial charge >= 0.3 is 11.9 Å². The number of hydrogen-bond acceptors (Lipinski definition) is 3. The van der Waals surface area contributed by atoms with E-state index in [9.17, 15) is 14.7 Å². The molecule has 0 saturated carbocycles. The molecule has 2 aromatic carbocycles. The first-order valence-corrected chi connectivity index (χ1v) is 10.3. The third-order valence-electron chi connectivity index (χ3n) is 6.05. The lowest BCUT2D eigenvalue weighted by molar-refractivity contribution is -0.896. The van der Waals surface area contributed by atoms with Crippen LogP contribution in [0.3, 0.4) is 0 Å². The molecule has 30 heavy (non-hydrogen) atoms. The summed E-state index contributed by atoms with van der Waals surface area (Å²) in [5, 5.41) is 9.20. The van der Waals surface area contributed by atoms with E-state index >= 15 is 0 Å². The number of nitrogens with zero attached hydrogens (tertiary/aromatic N) is 1. The number of quaternary nitrogens is 1. The lowest BCUT2D eigenvalue weighted by Gasteiger charge is -2.46. The maximum absolute atomic E-state index is 13.7. The van der Waals surface area contributed by atoms with Gasteiger partial charge in [-0.3, -0.25) is 4.79 Å². The number of hydrogen-bond donors (Lipinski definition) is 1. The molecule has 0 fully saturated rings. The zero-order chi connectivity index (χ0) is 21.1. The van der Waals surface area contributed by atoms with Crippen molar-refractivity contribution in [1.82, 2.24) is 0 Å². The van der Waals surface area contributed by atoms with E-state index in [0.29, 0.717) is 13.1 Å². The van der Waals surface area contributed by atoms with E-state index < -0.39 is 5.97 Å². The summed E-state index contributed by atoms with van der Waals surface area (Å²) in [5.74, 6) is -0.283. The molecule has 3 aromatic rings. The summed E-state index contributed by atoms with van der Waals surface area (Å²) in [7, 11) is 0. The van der Waals surface area contributed by atoms with Gasteiger partial charge in [0.05, 0.1) is 25.6 Å². The van der Waals surface area contributed by atoms with Crippen LogP contribution >= 0.6 is 0 Å². The number of carboxylic acids is 1. The Balaban J connectivity index is 1.89. The van der Waals surface area contributed by atoms with Gasteiger partial charge in [0.1, 0.15) is 12.6 Å². The molecule has 0 bridgehead atoms. The fourth-order valence-electron chi connectivity index (χ4n) is 4.66. The zero-order valence-electron chi connectivity index (χ0n) is 17.1. The first kappa shape index (κ1) is 20.1. The minimum Gasteiger partial charge on any atom is -0.481 e. The van der Waals surface area contributed by atoms with Gasteiger partial charge in [0, 0.05) is 17.5 Å². The second-order valence-corrected chi connectivity index (χ2v) is 8.05. The first-order chi connectivity index (χ1) is 14.5. The Morgan fingerprint density at radius 2 is 1.87 bits per heavy atom. The molecule has 1 aliphatic rings.